The van der Waals surface area contributed by atoms with E-state index in [9.17, 15) is 45.6 Å². The Morgan fingerprint density at radius 2 is 1.47 bits per heavy atom. The van der Waals surface area contributed by atoms with Crippen molar-refractivity contribution in [1.82, 2.24) is 0 Å². The van der Waals surface area contributed by atoms with E-state index < -0.39 is 84.9 Å². The zero-order valence-electron chi connectivity index (χ0n) is 24.2. The zero-order valence-corrected chi connectivity index (χ0v) is 24.2. The van der Waals surface area contributed by atoms with Crippen molar-refractivity contribution in [1.29, 1.82) is 0 Å². The number of hydrogen-bond acceptors (Lipinski definition) is 16. The van der Waals surface area contributed by atoms with E-state index in [0.29, 0.717) is 0 Å². The number of hydrogen-bond donors (Lipinski definition) is 8. The molecule has 0 bridgehead atoms. The van der Waals surface area contributed by atoms with Crippen LogP contribution in [0.2, 0.25) is 0 Å². The van der Waals surface area contributed by atoms with Crippen molar-refractivity contribution in [2.45, 2.75) is 68.3 Å². The van der Waals surface area contributed by atoms with Crippen LogP contribution >= 0.6 is 0 Å². The first-order chi connectivity index (χ1) is 21.4. The van der Waals surface area contributed by atoms with Crippen LogP contribution < -0.4 is 19.6 Å². The predicted octanol–water partition coefficient (Wildman–Crippen LogP) is -1.08. The quantitative estimate of drug-likeness (QED) is 0.146. The summed E-state index contributed by atoms with van der Waals surface area (Å²) in [6, 6.07) is 6.50. The molecule has 2 saturated heterocycles. The van der Waals surface area contributed by atoms with Gasteiger partial charge in [0.2, 0.25) is 17.5 Å². The molecule has 10 atom stereocenters. The normalized spacial score (nSPS) is 31.9. The number of methoxy groups -OCH3 is 2. The fourth-order valence-corrected chi connectivity index (χ4v) is 5.10. The van der Waals surface area contributed by atoms with Gasteiger partial charge in [-0.2, -0.15) is 0 Å². The summed E-state index contributed by atoms with van der Waals surface area (Å²) in [4.78, 5) is 13.8. The van der Waals surface area contributed by atoms with Gasteiger partial charge in [-0.05, 0) is 25.1 Å². The van der Waals surface area contributed by atoms with Crippen LogP contribution in [0.15, 0.2) is 39.5 Å². The number of benzene rings is 2. The lowest BCUT2D eigenvalue weighted by Gasteiger charge is -2.42. The van der Waals surface area contributed by atoms with Crippen molar-refractivity contribution in [3.63, 3.8) is 0 Å². The summed E-state index contributed by atoms with van der Waals surface area (Å²) in [5.74, 6) is -1.39. The van der Waals surface area contributed by atoms with Gasteiger partial charge in [0.1, 0.15) is 65.2 Å². The molecular weight excluding hydrogens is 604 g/mol. The molecule has 45 heavy (non-hydrogen) atoms. The van der Waals surface area contributed by atoms with Gasteiger partial charge in [-0.1, -0.05) is 0 Å². The van der Waals surface area contributed by atoms with Crippen LogP contribution in [-0.2, 0) is 14.2 Å². The molecule has 2 aliphatic rings. The Labute approximate surface area is 254 Å². The molecule has 16 nitrogen and oxygen atoms in total. The van der Waals surface area contributed by atoms with Gasteiger partial charge >= 0.3 is 0 Å². The Bertz CT molecular complexity index is 1570. The molecule has 246 valence electrons. The molecule has 0 aliphatic carbocycles. The molecule has 2 aromatic carbocycles. The van der Waals surface area contributed by atoms with Crippen LogP contribution in [0.3, 0.4) is 0 Å². The minimum atomic E-state index is -1.92. The topological polar surface area (TPSA) is 247 Å². The molecule has 0 spiro atoms. The minimum absolute atomic E-state index is 0.0125. The van der Waals surface area contributed by atoms with E-state index in [4.69, 9.17) is 32.8 Å². The van der Waals surface area contributed by atoms with Crippen molar-refractivity contribution in [2.24, 2.45) is 0 Å². The average molecular weight is 639 g/mol. The fourth-order valence-electron chi connectivity index (χ4n) is 5.10. The van der Waals surface area contributed by atoms with Crippen LogP contribution in [0.5, 0.6) is 28.7 Å². The molecule has 0 unspecified atom stereocenters. The number of phenols is 2. The number of aliphatic hydroxyl groups excluding tert-OH is 6. The van der Waals surface area contributed by atoms with Crippen LogP contribution in [0.1, 0.15) is 6.92 Å². The molecule has 2 aliphatic heterocycles. The SMILES string of the molecule is COc1cc(O)c2c(=O)c(O[C@@H]3O[C@H](CO[C@@H]4O[C@@H](C)[C@H](O)[C@@H](O)[C@H]4O)[C@@H](O)[C@H](O)[C@H]3O)c(-c3ccc(O)c(OC)c3)oc2c1. The summed E-state index contributed by atoms with van der Waals surface area (Å²) in [6.45, 7) is 0.868. The van der Waals surface area contributed by atoms with Crippen molar-refractivity contribution in [2.75, 3.05) is 20.8 Å². The fraction of sp³-hybridized carbons (Fsp3) is 0.483. The average Bonchev–Trinajstić information content (AvgIpc) is 3.02. The second-order valence-electron chi connectivity index (χ2n) is 10.6. The van der Waals surface area contributed by atoms with Crippen LogP contribution in [0.4, 0.5) is 0 Å². The molecule has 16 heteroatoms. The van der Waals surface area contributed by atoms with Crippen LogP contribution in [0, 0.1) is 0 Å². The third-order valence-electron chi connectivity index (χ3n) is 7.72. The Morgan fingerprint density at radius 3 is 2.16 bits per heavy atom. The van der Waals surface area contributed by atoms with Gasteiger partial charge < -0.3 is 73.7 Å². The van der Waals surface area contributed by atoms with Gasteiger partial charge in [0, 0.05) is 17.7 Å². The summed E-state index contributed by atoms with van der Waals surface area (Å²) in [5, 5.41) is 82.6. The number of fused-ring (bicyclic) bond motifs is 1. The summed E-state index contributed by atoms with van der Waals surface area (Å²) in [6.07, 6.45) is -15.9. The zero-order chi connectivity index (χ0) is 32.7. The van der Waals surface area contributed by atoms with E-state index in [1.54, 1.807) is 0 Å². The van der Waals surface area contributed by atoms with Crippen molar-refractivity contribution >= 4 is 11.0 Å². The van der Waals surface area contributed by atoms with Crippen molar-refractivity contribution in [3.05, 3.63) is 40.6 Å². The lowest BCUT2D eigenvalue weighted by Crippen LogP contribution is -2.61. The summed E-state index contributed by atoms with van der Waals surface area (Å²) < 4.78 is 38.7. The smallest absolute Gasteiger partial charge is 0.239 e. The second-order valence-corrected chi connectivity index (χ2v) is 10.6. The molecule has 2 fully saturated rings. The second kappa shape index (κ2) is 13.0. The molecule has 0 saturated carbocycles. The maximum absolute atomic E-state index is 13.8. The Morgan fingerprint density at radius 1 is 0.778 bits per heavy atom. The van der Waals surface area contributed by atoms with E-state index in [-0.39, 0.29) is 39.5 Å². The Kier molecular flexibility index (Phi) is 9.41. The van der Waals surface area contributed by atoms with E-state index in [1.165, 1.54) is 51.5 Å². The number of aliphatic hydroxyl groups is 6. The van der Waals surface area contributed by atoms with E-state index in [2.05, 4.69) is 0 Å². The first-order valence-electron chi connectivity index (χ1n) is 13.8. The van der Waals surface area contributed by atoms with E-state index in [1.807, 2.05) is 0 Å². The summed E-state index contributed by atoms with van der Waals surface area (Å²) in [5.41, 5.74) is -0.862. The summed E-state index contributed by atoms with van der Waals surface area (Å²) in [7, 11) is 2.65. The maximum Gasteiger partial charge on any atom is 0.239 e. The van der Waals surface area contributed by atoms with Crippen LogP contribution in [0.25, 0.3) is 22.3 Å². The number of phenolic OH excluding ortho intramolecular Hbond substituents is 2. The maximum atomic E-state index is 13.8. The number of rotatable bonds is 8. The predicted molar refractivity (Wildman–Crippen MR) is 150 cm³/mol. The molecule has 5 rings (SSSR count). The molecule has 3 aromatic rings. The van der Waals surface area contributed by atoms with Crippen molar-refractivity contribution in [3.8, 4) is 40.1 Å². The highest BCUT2D eigenvalue weighted by atomic mass is 16.7. The largest absolute Gasteiger partial charge is 0.507 e. The molecule has 0 amide bonds. The van der Waals surface area contributed by atoms with Gasteiger partial charge in [-0.25, -0.2) is 0 Å². The van der Waals surface area contributed by atoms with E-state index in [0.717, 1.165) is 0 Å². The highest BCUT2D eigenvalue weighted by molar-refractivity contribution is 5.88. The number of aromatic hydroxyl groups is 2. The molecule has 8 N–H and O–H groups in total. The number of ether oxygens (including phenoxy) is 6. The Balaban J connectivity index is 1.50. The third kappa shape index (κ3) is 6.11. The van der Waals surface area contributed by atoms with Crippen LogP contribution in [-0.4, -0.2) is 123 Å². The van der Waals surface area contributed by atoms with Gasteiger partial charge in [-0.3, -0.25) is 4.79 Å². The van der Waals surface area contributed by atoms with Gasteiger partial charge in [0.25, 0.3) is 0 Å². The lowest BCUT2D eigenvalue weighted by molar-refractivity contribution is -0.318. The third-order valence-corrected chi connectivity index (χ3v) is 7.72. The molecule has 0 radical (unpaired) electrons. The highest BCUT2D eigenvalue weighted by Crippen LogP contribution is 2.40. The van der Waals surface area contributed by atoms with Gasteiger partial charge in [-0.15, -0.1) is 0 Å². The lowest BCUT2D eigenvalue weighted by atomic mass is 9.98. The minimum Gasteiger partial charge on any atom is -0.507 e. The molecular formula is C29H34O16. The summed E-state index contributed by atoms with van der Waals surface area (Å²) >= 11 is 0. The first-order valence-corrected chi connectivity index (χ1v) is 13.8. The van der Waals surface area contributed by atoms with Gasteiger partial charge in [0.15, 0.2) is 23.5 Å². The van der Waals surface area contributed by atoms with E-state index >= 15 is 0 Å². The first kappa shape index (κ1) is 32.7. The standard InChI is InChI=1S/C29H34O16/c1-10-19(32)22(35)24(37)28(42-10)41-9-17-20(33)23(36)25(38)29(44-17)45-27-21(34)18-14(31)7-12(39-2)8-16(18)43-26(27)11-4-5-13(30)15(6-11)40-3/h4-8,10,17,19-20,22-25,28-33,35-38H,9H2,1-3H3/t10-,17+,19-,20+,22+,23-,24+,25+,28+,29-/m0/s1. The molecule has 1 aromatic heterocycles. The highest BCUT2D eigenvalue weighted by Gasteiger charge is 2.47. The van der Waals surface area contributed by atoms with Crippen molar-refractivity contribution < 1.29 is 73.7 Å². The monoisotopic (exact) mass is 638 g/mol. The molecule has 3 heterocycles. The Hall–Kier alpha value is -3.71. The van der Waals surface area contributed by atoms with Gasteiger partial charge in [0.05, 0.1) is 26.9 Å².